The molecule has 0 bridgehead atoms. The average molecular weight is 448 g/mol. The fraction of sp³-hybridized carbons (Fsp3) is 0.400. The van der Waals surface area contributed by atoms with Gasteiger partial charge in [-0.3, -0.25) is 0 Å². The Bertz CT molecular complexity index is 751. The number of rotatable bonds is 15. The van der Waals surface area contributed by atoms with E-state index < -0.39 is 7.26 Å². The van der Waals surface area contributed by atoms with Crippen LogP contribution in [0.25, 0.3) is 0 Å². The largest absolute Gasteiger partial charge is 0.345 e. The molecular weight excluding hydrogens is 407 g/mol. The zero-order valence-electron chi connectivity index (χ0n) is 19.8. The molecule has 0 fully saturated rings. The van der Waals surface area contributed by atoms with E-state index in [0.29, 0.717) is 0 Å². The summed E-state index contributed by atoms with van der Waals surface area (Å²) in [6.45, 7) is 3.13. The van der Waals surface area contributed by atoms with Gasteiger partial charge in [0.1, 0.15) is 23.2 Å². The molecule has 0 saturated carbocycles. The van der Waals surface area contributed by atoms with Crippen LogP contribution in [0.4, 0.5) is 0 Å². The Morgan fingerprint density at radius 3 is 1.28 bits per heavy atom. The Hall–Kier alpha value is -1.95. The van der Waals surface area contributed by atoms with E-state index in [0.717, 1.165) is 19.4 Å². The third-order valence-corrected chi connectivity index (χ3v) is 10.4. The quantitative estimate of drug-likeness (QED) is 0.173. The molecule has 2 heteroatoms. The normalized spacial score (nSPS) is 11.5. The van der Waals surface area contributed by atoms with Gasteiger partial charge in [0.25, 0.3) is 0 Å². The summed E-state index contributed by atoms with van der Waals surface area (Å²) in [4.78, 5) is 0. The van der Waals surface area contributed by atoms with E-state index in [-0.39, 0.29) is 0 Å². The molecule has 0 aliphatic carbocycles. The zero-order chi connectivity index (χ0) is 22.3. The van der Waals surface area contributed by atoms with E-state index in [9.17, 15) is 0 Å². The van der Waals surface area contributed by atoms with Crippen molar-refractivity contribution in [1.29, 1.82) is 0 Å². The minimum Gasteiger partial charge on any atom is -0.345 e. The van der Waals surface area contributed by atoms with Gasteiger partial charge in [0.05, 0.1) is 6.61 Å². The summed E-state index contributed by atoms with van der Waals surface area (Å²) in [7, 11) is -1.85. The predicted octanol–water partition coefficient (Wildman–Crippen LogP) is 7.49. The zero-order valence-corrected chi connectivity index (χ0v) is 20.7. The lowest BCUT2D eigenvalue weighted by atomic mass is 10.1. The standard InChI is InChI=1S/C30H40OP/c1-2-3-4-5-6-7-8-9-19-26-31-27-32(28-20-13-10-14-21-28,29-22-15-11-16-23-29)30-24-17-12-18-25-30/h10-18,20-25H,2-9,19,26-27H2,1H3/q+1. The van der Waals surface area contributed by atoms with Gasteiger partial charge in [-0.05, 0) is 42.8 Å². The molecule has 0 heterocycles. The number of hydrogen-bond acceptors (Lipinski definition) is 1. The number of ether oxygens (including phenoxy) is 1. The Kier molecular flexibility index (Phi) is 11.0. The maximum absolute atomic E-state index is 6.47. The van der Waals surface area contributed by atoms with Crippen molar-refractivity contribution in [3.05, 3.63) is 91.0 Å². The molecule has 3 aromatic rings. The average Bonchev–Trinajstić information content (AvgIpc) is 2.87. The second-order valence-electron chi connectivity index (χ2n) is 8.68. The number of benzene rings is 3. The summed E-state index contributed by atoms with van der Waals surface area (Å²) in [5, 5.41) is 4.18. The van der Waals surface area contributed by atoms with Crippen LogP contribution < -0.4 is 15.9 Å². The molecule has 0 aliphatic heterocycles. The van der Waals surface area contributed by atoms with E-state index >= 15 is 0 Å². The third kappa shape index (κ3) is 7.03. The molecule has 0 unspecified atom stereocenters. The highest BCUT2D eigenvalue weighted by atomic mass is 31.2. The van der Waals surface area contributed by atoms with Crippen LogP contribution in [0.1, 0.15) is 64.7 Å². The SMILES string of the molecule is CCCCCCCCCCCOC[P+](c1ccccc1)(c1ccccc1)c1ccccc1. The predicted molar refractivity (Wildman–Crippen MR) is 143 cm³/mol. The second-order valence-corrected chi connectivity index (χ2v) is 12.1. The first-order valence-electron chi connectivity index (χ1n) is 12.5. The van der Waals surface area contributed by atoms with Gasteiger partial charge >= 0.3 is 0 Å². The van der Waals surface area contributed by atoms with Crippen molar-refractivity contribution in [1.82, 2.24) is 0 Å². The van der Waals surface area contributed by atoms with Crippen LogP contribution in [0.15, 0.2) is 91.0 Å². The molecule has 170 valence electrons. The maximum atomic E-state index is 6.47. The summed E-state index contributed by atoms with van der Waals surface area (Å²) in [5.74, 6) is 0. The van der Waals surface area contributed by atoms with Gasteiger partial charge in [0, 0.05) is 0 Å². The van der Waals surface area contributed by atoms with Gasteiger partial charge in [-0.1, -0.05) is 113 Å². The maximum Gasteiger partial charge on any atom is 0.171 e. The fourth-order valence-electron chi connectivity index (χ4n) is 4.43. The molecule has 0 spiro atoms. The topological polar surface area (TPSA) is 9.23 Å². The molecule has 0 atom stereocenters. The third-order valence-electron chi connectivity index (χ3n) is 6.27. The highest BCUT2D eigenvalue weighted by Crippen LogP contribution is 2.55. The number of unbranched alkanes of at least 4 members (excludes halogenated alkanes) is 8. The molecule has 3 aromatic carbocycles. The fourth-order valence-corrected chi connectivity index (χ4v) is 8.22. The number of hydrogen-bond donors (Lipinski definition) is 0. The van der Waals surface area contributed by atoms with Crippen LogP contribution >= 0.6 is 7.26 Å². The van der Waals surface area contributed by atoms with Crippen molar-refractivity contribution in [2.24, 2.45) is 0 Å². The molecule has 0 amide bonds. The van der Waals surface area contributed by atoms with Gasteiger partial charge < -0.3 is 4.74 Å². The van der Waals surface area contributed by atoms with Gasteiger partial charge in [-0.2, -0.15) is 0 Å². The first-order chi connectivity index (χ1) is 15.9. The molecule has 0 radical (unpaired) electrons. The highest BCUT2D eigenvalue weighted by Gasteiger charge is 2.45. The van der Waals surface area contributed by atoms with Gasteiger partial charge in [-0.25, -0.2) is 0 Å². The summed E-state index contributed by atoms with van der Waals surface area (Å²) in [6.07, 6.45) is 12.8. The van der Waals surface area contributed by atoms with Crippen molar-refractivity contribution in [2.75, 3.05) is 13.0 Å². The van der Waals surface area contributed by atoms with Crippen LogP contribution in [0.3, 0.4) is 0 Å². The molecule has 0 saturated heterocycles. The van der Waals surface area contributed by atoms with Crippen LogP contribution in [0.2, 0.25) is 0 Å². The molecule has 0 aromatic heterocycles. The van der Waals surface area contributed by atoms with E-state index in [1.165, 1.54) is 67.3 Å². The first kappa shape index (κ1) is 24.7. The monoisotopic (exact) mass is 447 g/mol. The van der Waals surface area contributed by atoms with Crippen LogP contribution in [-0.2, 0) is 4.74 Å². The lowest BCUT2D eigenvalue weighted by Crippen LogP contribution is -2.34. The summed E-state index contributed by atoms with van der Waals surface area (Å²) < 4.78 is 6.47. The van der Waals surface area contributed by atoms with E-state index in [1.807, 2.05) is 0 Å². The Labute approximate surface area is 196 Å². The van der Waals surface area contributed by atoms with Crippen molar-refractivity contribution in [2.45, 2.75) is 64.7 Å². The van der Waals surface area contributed by atoms with E-state index in [2.05, 4.69) is 97.9 Å². The highest BCUT2D eigenvalue weighted by molar-refractivity contribution is 7.95. The second kappa shape index (κ2) is 14.2. The van der Waals surface area contributed by atoms with Crippen molar-refractivity contribution >= 4 is 23.2 Å². The van der Waals surface area contributed by atoms with Crippen LogP contribution in [-0.4, -0.2) is 13.0 Å². The molecule has 3 rings (SSSR count). The minimum atomic E-state index is -1.85. The van der Waals surface area contributed by atoms with Gasteiger partial charge in [0.2, 0.25) is 0 Å². The Balaban J connectivity index is 1.64. The van der Waals surface area contributed by atoms with Crippen molar-refractivity contribution in [3.8, 4) is 0 Å². The lowest BCUT2D eigenvalue weighted by Gasteiger charge is -2.27. The van der Waals surface area contributed by atoms with Crippen molar-refractivity contribution < 1.29 is 4.74 Å². The van der Waals surface area contributed by atoms with Crippen LogP contribution in [0, 0.1) is 0 Å². The van der Waals surface area contributed by atoms with E-state index in [4.69, 9.17) is 4.74 Å². The molecule has 1 nitrogen and oxygen atoms in total. The first-order valence-corrected chi connectivity index (χ1v) is 14.5. The molecular formula is C30H40OP+. The lowest BCUT2D eigenvalue weighted by molar-refractivity contribution is 0.174. The smallest absolute Gasteiger partial charge is 0.171 e. The summed E-state index contributed by atoms with van der Waals surface area (Å²) in [6, 6.07) is 33.0. The van der Waals surface area contributed by atoms with E-state index in [1.54, 1.807) is 0 Å². The summed E-state index contributed by atoms with van der Waals surface area (Å²) >= 11 is 0. The Morgan fingerprint density at radius 1 is 0.500 bits per heavy atom. The minimum absolute atomic E-state index is 0.766. The summed E-state index contributed by atoms with van der Waals surface area (Å²) in [5.41, 5.74) is 0. The Morgan fingerprint density at radius 2 is 0.875 bits per heavy atom. The van der Waals surface area contributed by atoms with Gasteiger partial charge in [0.15, 0.2) is 6.35 Å². The van der Waals surface area contributed by atoms with Crippen LogP contribution in [0.5, 0.6) is 0 Å². The van der Waals surface area contributed by atoms with Gasteiger partial charge in [-0.15, -0.1) is 0 Å². The molecule has 0 N–H and O–H groups in total. The van der Waals surface area contributed by atoms with Crippen molar-refractivity contribution in [3.63, 3.8) is 0 Å². The molecule has 32 heavy (non-hydrogen) atoms. The molecule has 0 aliphatic rings.